The van der Waals surface area contributed by atoms with Crippen molar-refractivity contribution in [2.24, 2.45) is 0 Å². The van der Waals surface area contributed by atoms with Crippen LogP contribution in [0.25, 0.3) is 10.6 Å². The van der Waals surface area contributed by atoms with Crippen LogP contribution in [0.1, 0.15) is 31.3 Å². The van der Waals surface area contributed by atoms with Crippen LogP contribution in [0, 0.1) is 0 Å². The molecule has 1 unspecified atom stereocenters. The number of hydrogen-bond donors (Lipinski definition) is 1. The van der Waals surface area contributed by atoms with Crippen LogP contribution in [0.2, 0.25) is 0 Å². The van der Waals surface area contributed by atoms with E-state index in [0.29, 0.717) is 16.5 Å². The summed E-state index contributed by atoms with van der Waals surface area (Å²) in [4.78, 5) is 17.1. The summed E-state index contributed by atoms with van der Waals surface area (Å²) in [5.41, 5.74) is 2.33. The molecule has 0 saturated carbocycles. The van der Waals surface area contributed by atoms with E-state index in [1.54, 1.807) is 4.68 Å². The lowest BCUT2D eigenvalue weighted by molar-refractivity contribution is 0.777. The largest absolute Gasteiger partial charge is 0.352 e. The number of nitrogens with zero attached hydrogens (tertiary/aromatic N) is 6. The second-order valence-corrected chi connectivity index (χ2v) is 6.79. The minimum atomic E-state index is -0.168. The molecule has 0 aliphatic heterocycles. The molecule has 1 N–H and O–H groups in total. The van der Waals surface area contributed by atoms with Crippen LogP contribution in [-0.2, 0) is 6.42 Å². The average Bonchev–Trinajstić information content (AvgIpc) is 3.29. The summed E-state index contributed by atoms with van der Waals surface area (Å²) in [6, 6.07) is 11.2. The Bertz CT molecular complexity index is 1100. The van der Waals surface area contributed by atoms with Gasteiger partial charge in [-0.3, -0.25) is 4.79 Å². The lowest BCUT2D eigenvalue weighted by Crippen LogP contribution is -2.15. The molecule has 1 atom stereocenters. The van der Waals surface area contributed by atoms with Crippen molar-refractivity contribution in [3.63, 3.8) is 0 Å². The van der Waals surface area contributed by atoms with E-state index in [9.17, 15) is 4.79 Å². The molecule has 0 fully saturated rings. The predicted molar refractivity (Wildman–Crippen MR) is 99.9 cm³/mol. The van der Waals surface area contributed by atoms with Crippen molar-refractivity contribution < 1.29 is 0 Å². The van der Waals surface area contributed by atoms with Gasteiger partial charge < -0.3 is 5.32 Å². The summed E-state index contributed by atoms with van der Waals surface area (Å²) in [7, 11) is 0. The molecule has 0 saturated heterocycles. The fourth-order valence-electron chi connectivity index (χ4n) is 2.54. The van der Waals surface area contributed by atoms with Crippen molar-refractivity contribution in [2.75, 3.05) is 5.32 Å². The Morgan fingerprint density at radius 1 is 1.27 bits per heavy atom. The molecule has 26 heavy (non-hydrogen) atoms. The van der Waals surface area contributed by atoms with Gasteiger partial charge in [0.2, 0.25) is 10.1 Å². The van der Waals surface area contributed by atoms with Crippen LogP contribution in [0.15, 0.2) is 47.4 Å². The van der Waals surface area contributed by atoms with E-state index < -0.39 is 0 Å². The molecule has 4 aromatic rings. The summed E-state index contributed by atoms with van der Waals surface area (Å²) in [5.74, 6) is 0. The third kappa shape index (κ3) is 3.08. The topological polar surface area (TPSA) is 90.0 Å². The van der Waals surface area contributed by atoms with Gasteiger partial charge >= 0.3 is 0 Å². The van der Waals surface area contributed by atoms with Gasteiger partial charge in [0.15, 0.2) is 0 Å². The second kappa shape index (κ2) is 6.68. The maximum atomic E-state index is 12.1. The fraction of sp³-hybridized carbons (Fsp3) is 0.235. The van der Waals surface area contributed by atoms with Crippen molar-refractivity contribution >= 4 is 21.4 Å². The summed E-state index contributed by atoms with van der Waals surface area (Å²) < 4.78 is 3.05. The number of aryl methyl sites for hydroxylation is 1. The minimum Gasteiger partial charge on any atom is -0.352 e. The number of benzene rings is 1. The summed E-state index contributed by atoms with van der Waals surface area (Å²) >= 11 is 1.34. The number of hydrogen-bond acceptors (Lipinski definition) is 7. The average molecular weight is 367 g/mol. The molecule has 0 radical (unpaired) electrons. The lowest BCUT2D eigenvalue weighted by Gasteiger charge is -2.08. The van der Waals surface area contributed by atoms with Gasteiger partial charge in [0.05, 0.1) is 17.9 Å². The molecule has 132 valence electrons. The van der Waals surface area contributed by atoms with Crippen LogP contribution in [0.5, 0.6) is 0 Å². The zero-order chi connectivity index (χ0) is 18.1. The molecule has 9 heteroatoms. The summed E-state index contributed by atoms with van der Waals surface area (Å²) in [6.45, 7) is 3.94. The predicted octanol–water partition coefficient (Wildman–Crippen LogP) is 2.47. The van der Waals surface area contributed by atoms with Crippen molar-refractivity contribution in [1.82, 2.24) is 29.6 Å². The molecule has 0 aliphatic rings. The molecule has 0 amide bonds. The maximum absolute atomic E-state index is 12.1. The van der Waals surface area contributed by atoms with E-state index in [1.165, 1.54) is 21.9 Å². The first-order chi connectivity index (χ1) is 12.6. The summed E-state index contributed by atoms with van der Waals surface area (Å²) in [6.07, 6.45) is 2.59. The Hall–Kier alpha value is -3.07. The molecule has 1 aromatic carbocycles. The highest BCUT2D eigenvalue weighted by molar-refractivity contribution is 7.20. The Balaban J connectivity index is 1.58. The number of nitrogens with one attached hydrogen (secondary N) is 1. The van der Waals surface area contributed by atoms with Gasteiger partial charge in [0.1, 0.15) is 5.69 Å². The first-order valence-corrected chi connectivity index (χ1v) is 9.09. The van der Waals surface area contributed by atoms with Crippen LogP contribution >= 0.6 is 11.3 Å². The van der Waals surface area contributed by atoms with Crippen LogP contribution in [-0.4, -0.2) is 29.6 Å². The quantitative estimate of drug-likeness (QED) is 0.583. The zero-order valence-electron chi connectivity index (χ0n) is 14.3. The normalized spacial score (nSPS) is 12.4. The molecular formula is C17H17N7OS. The molecule has 8 nitrogen and oxygen atoms in total. The number of rotatable bonds is 5. The van der Waals surface area contributed by atoms with Crippen LogP contribution in [0.3, 0.4) is 0 Å². The molecular weight excluding hydrogens is 350 g/mol. The number of para-hydroxylation sites is 1. The van der Waals surface area contributed by atoms with Gasteiger partial charge in [-0.15, -0.1) is 10.2 Å². The Labute approximate surface area is 153 Å². The standard InChI is InChI=1S/C17H17N7OS/c1-3-12-9-15(25)24-17(19-12)26-16(21-24)18-11(2)14-10-23(22-20-14)13-7-5-4-6-8-13/h4-11H,3H2,1-2H3,(H,18,21). The molecule has 0 bridgehead atoms. The van der Waals surface area contributed by atoms with E-state index in [4.69, 9.17) is 0 Å². The monoisotopic (exact) mass is 367 g/mol. The highest BCUT2D eigenvalue weighted by atomic mass is 32.1. The van der Waals surface area contributed by atoms with Gasteiger partial charge in [-0.2, -0.15) is 4.52 Å². The molecule has 4 rings (SSSR count). The van der Waals surface area contributed by atoms with Crippen molar-refractivity contribution in [1.29, 1.82) is 0 Å². The summed E-state index contributed by atoms with van der Waals surface area (Å²) in [5, 5.41) is 16.6. The van der Waals surface area contributed by atoms with Crippen molar-refractivity contribution in [3.05, 3.63) is 64.3 Å². The number of fused-ring (bicyclic) bond motifs is 1. The number of aromatic nitrogens is 6. The molecule has 0 aliphatic carbocycles. The van der Waals surface area contributed by atoms with E-state index in [0.717, 1.165) is 17.1 Å². The third-order valence-electron chi connectivity index (χ3n) is 3.98. The highest BCUT2D eigenvalue weighted by Gasteiger charge is 2.14. The maximum Gasteiger partial charge on any atom is 0.275 e. The van der Waals surface area contributed by atoms with Gasteiger partial charge in [-0.05, 0) is 25.5 Å². The van der Waals surface area contributed by atoms with E-state index in [-0.39, 0.29) is 11.6 Å². The van der Waals surface area contributed by atoms with Crippen molar-refractivity contribution in [3.8, 4) is 5.69 Å². The van der Waals surface area contributed by atoms with E-state index >= 15 is 0 Å². The van der Waals surface area contributed by atoms with Crippen molar-refractivity contribution in [2.45, 2.75) is 26.3 Å². The number of anilines is 1. The second-order valence-electron chi connectivity index (χ2n) is 5.83. The first-order valence-electron chi connectivity index (χ1n) is 8.28. The fourth-order valence-corrected chi connectivity index (χ4v) is 3.45. The van der Waals surface area contributed by atoms with E-state index in [2.05, 4.69) is 25.7 Å². The van der Waals surface area contributed by atoms with Gasteiger partial charge in [0, 0.05) is 11.8 Å². The lowest BCUT2D eigenvalue weighted by atomic mass is 10.2. The third-order valence-corrected chi connectivity index (χ3v) is 4.82. The molecule has 3 aromatic heterocycles. The smallest absolute Gasteiger partial charge is 0.275 e. The minimum absolute atomic E-state index is 0.116. The zero-order valence-corrected chi connectivity index (χ0v) is 15.1. The van der Waals surface area contributed by atoms with Gasteiger partial charge in [-0.1, -0.05) is 41.7 Å². The Morgan fingerprint density at radius 2 is 2.08 bits per heavy atom. The van der Waals surface area contributed by atoms with E-state index in [1.807, 2.05) is 50.4 Å². The highest BCUT2D eigenvalue weighted by Crippen LogP contribution is 2.22. The van der Waals surface area contributed by atoms with Gasteiger partial charge in [-0.25, -0.2) is 9.67 Å². The molecule has 3 heterocycles. The Kier molecular flexibility index (Phi) is 4.21. The van der Waals surface area contributed by atoms with Gasteiger partial charge in [0.25, 0.3) is 5.56 Å². The first kappa shape index (κ1) is 16.4. The van der Waals surface area contributed by atoms with Crippen LogP contribution in [0.4, 0.5) is 5.13 Å². The molecule has 0 spiro atoms. The van der Waals surface area contributed by atoms with Crippen LogP contribution < -0.4 is 10.9 Å². The SMILES string of the molecule is CCc1cc(=O)n2nc(NC(C)c3cn(-c4ccccc4)nn3)sc2n1. The Morgan fingerprint density at radius 3 is 2.85 bits per heavy atom.